The van der Waals surface area contributed by atoms with Crippen molar-refractivity contribution in [2.45, 2.75) is 70.5 Å². The Labute approximate surface area is 194 Å². The third-order valence-electron chi connectivity index (χ3n) is 5.44. The van der Waals surface area contributed by atoms with Gasteiger partial charge in [0.2, 0.25) is 0 Å². The molecule has 2 rings (SSSR count). The molecule has 0 radical (unpaired) electrons. The first-order valence-electron chi connectivity index (χ1n) is 11.1. The number of carbonyl (C=O) groups excluding carboxylic acids is 2. The fraction of sp³-hybridized carbons (Fsp3) is 0.591. The molecular weight excluding hydrogens is 451 g/mol. The number of carbonyl (C=O) groups is 3. The predicted molar refractivity (Wildman–Crippen MR) is 121 cm³/mol. The Morgan fingerprint density at radius 1 is 1.27 bits per heavy atom. The number of amides is 2. The molecule has 2 amide bonds. The number of carboxylic acids is 1. The molecule has 1 aromatic rings. The minimum atomic E-state index is -3.99. The van der Waals surface area contributed by atoms with Crippen molar-refractivity contribution in [1.82, 2.24) is 10.2 Å². The van der Waals surface area contributed by atoms with E-state index >= 15 is 0 Å². The average molecular weight is 484 g/mol. The number of hydrogen-bond acceptors (Lipinski definition) is 7. The van der Waals surface area contributed by atoms with Crippen LogP contribution in [0.5, 0.6) is 0 Å². The molecule has 1 fully saturated rings. The van der Waals surface area contributed by atoms with Gasteiger partial charge in [-0.25, -0.2) is 9.59 Å². The van der Waals surface area contributed by atoms with Crippen LogP contribution in [0.2, 0.25) is 0 Å². The standard InChI is InChI=1S/C22H33N2O8P/c1-4-5-13-19(23-22(28)31-15-17-10-7-6-8-11-17)33(29,30-3)32-16(2)20(25)24-14-9-12-18(24)21(26)27/h6-8,10-11,16,18-19H,4-5,9,12-15H2,1-3H3,(H,23,28)(H,26,27)/t16?,18-,19-,33?/m0/s1. The molecular formula is C22H33N2O8P. The van der Waals surface area contributed by atoms with Crippen LogP contribution in [-0.4, -0.2) is 59.6 Å². The van der Waals surface area contributed by atoms with Gasteiger partial charge in [0.1, 0.15) is 24.5 Å². The van der Waals surface area contributed by atoms with Gasteiger partial charge in [-0.3, -0.25) is 13.9 Å². The molecule has 0 aliphatic carbocycles. The minimum Gasteiger partial charge on any atom is -0.480 e. The third kappa shape index (κ3) is 7.55. The molecule has 1 heterocycles. The molecule has 184 valence electrons. The Bertz CT molecular complexity index is 850. The van der Waals surface area contributed by atoms with Gasteiger partial charge < -0.3 is 24.6 Å². The lowest BCUT2D eigenvalue weighted by atomic mass is 10.2. The number of hydrogen-bond donors (Lipinski definition) is 2. The molecule has 11 heteroatoms. The highest BCUT2D eigenvalue weighted by Gasteiger charge is 2.42. The zero-order valence-electron chi connectivity index (χ0n) is 19.3. The van der Waals surface area contributed by atoms with Gasteiger partial charge in [-0.15, -0.1) is 0 Å². The maximum atomic E-state index is 13.5. The molecule has 1 saturated heterocycles. The molecule has 0 spiro atoms. The second-order valence-electron chi connectivity index (χ2n) is 7.86. The molecule has 0 saturated carbocycles. The Morgan fingerprint density at radius 3 is 2.58 bits per heavy atom. The number of benzene rings is 1. The Kier molecular flexibility index (Phi) is 10.3. The van der Waals surface area contributed by atoms with Crippen molar-refractivity contribution >= 4 is 25.6 Å². The summed E-state index contributed by atoms with van der Waals surface area (Å²) in [4.78, 5) is 37.8. The molecule has 4 atom stereocenters. The lowest BCUT2D eigenvalue weighted by Crippen LogP contribution is -2.46. The van der Waals surface area contributed by atoms with E-state index in [4.69, 9.17) is 13.8 Å². The van der Waals surface area contributed by atoms with Gasteiger partial charge in [0.05, 0.1) is 0 Å². The number of likely N-dealkylation sites (tertiary alicyclic amines) is 1. The number of nitrogens with one attached hydrogen (secondary N) is 1. The van der Waals surface area contributed by atoms with Crippen LogP contribution in [0, 0.1) is 0 Å². The van der Waals surface area contributed by atoms with Crippen molar-refractivity contribution in [2.24, 2.45) is 0 Å². The Morgan fingerprint density at radius 2 is 1.97 bits per heavy atom. The molecule has 1 aromatic carbocycles. The summed E-state index contributed by atoms with van der Waals surface area (Å²) >= 11 is 0. The van der Waals surface area contributed by atoms with Crippen LogP contribution in [0.15, 0.2) is 30.3 Å². The molecule has 2 unspecified atom stereocenters. The van der Waals surface area contributed by atoms with Crippen LogP contribution in [-0.2, 0) is 34.5 Å². The number of ether oxygens (including phenoxy) is 1. The van der Waals surface area contributed by atoms with Gasteiger partial charge in [0.25, 0.3) is 5.91 Å². The highest BCUT2D eigenvalue weighted by molar-refractivity contribution is 7.54. The van der Waals surface area contributed by atoms with E-state index in [2.05, 4.69) is 5.32 Å². The first kappa shape index (κ1) is 26.8. The number of aliphatic carboxylic acids is 1. The average Bonchev–Trinajstić information content (AvgIpc) is 3.30. The minimum absolute atomic E-state index is 0.0335. The van der Waals surface area contributed by atoms with Crippen LogP contribution in [0.4, 0.5) is 4.79 Å². The fourth-order valence-electron chi connectivity index (χ4n) is 3.64. The first-order valence-corrected chi connectivity index (χ1v) is 12.7. The Hall–Kier alpha value is -2.42. The highest BCUT2D eigenvalue weighted by Crippen LogP contribution is 2.54. The summed E-state index contributed by atoms with van der Waals surface area (Å²) in [5, 5.41) is 11.9. The monoisotopic (exact) mass is 484 g/mol. The van der Waals surface area contributed by atoms with E-state index in [-0.39, 0.29) is 19.6 Å². The van der Waals surface area contributed by atoms with Crippen LogP contribution in [0.1, 0.15) is 51.5 Å². The van der Waals surface area contributed by atoms with E-state index in [0.29, 0.717) is 19.3 Å². The zero-order chi connectivity index (χ0) is 24.4. The third-order valence-corrected chi connectivity index (χ3v) is 7.71. The molecule has 2 N–H and O–H groups in total. The van der Waals surface area contributed by atoms with Gasteiger partial charge in [-0.1, -0.05) is 50.1 Å². The summed E-state index contributed by atoms with van der Waals surface area (Å²) in [5.41, 5.74) is 0.793. The van der Waals surface area contributed by atoms with E-state index in [1.165, 1.54) is 18.9 Å². The summed E-state index contributed by atoms with van der Waals surface area (Å²) in [7, 11) is -2.81. The maximum absolute atomic E-state index is 13.5. The predicted octanol–water partition coefficient (Wildman–Crippen LogP) is 3.75. The molecule has 10 nitrogen and oxygen atoms in total. The lowest BCUT2D eigenvalue weighted by molar-refractivity contribution is -0.151. The Balaban J connectivity index is 2.07. The number of alkyl carbamates (subject to hydrolysis) is 1. The number of rotatable bonds is 12. The van der Waals surface area contributed by atoms with Crippen molar-refractivity contribution in [3.8, 4) is 0 Å². The van der Waals surface area contributed by atoms with E-state index < -0.39 is 43.5 Å². The van der Waals surface area contributed by atoms with E-state index in [0.717, 1.165) is 12.0 Å². The van der Waals surface area contributed by atoms with Gasteiger partial charge in [0.15, 0.2) is 0 Å². The topological polar surface area (TPSA) is 131 Å². The molecule has 33 heavy (non-hydrogen) atoms. The first-order chi connectivity index (χ1) is 15.7. The maximum Gasteiger partial charge on any atom is 0.408 e. The summed E-state index contributed by atoms with van der Waals surface area (Å²) in [5.74, 6) is -2.71. The summed E-state index contributed by atoms with van der Waals surface area (Å²) in [6.07, 6.45) is 0.575. The van der Waals surface area contributed by atoms with Crippen LogP contribution in [0.25, 0.3) is 0 Å². The van der Waals surface area contributed by atoms with Gasteiger partial charge in [-0.2, -0.15) is 0 Å². The van der Waals surface area contributed by atoms with Crippen LogP contribution in [0.3, 0.4) is 0 Å². The largest absolute Gasteiger partial charge is 0.480 e. The lowest BCUT2D eigenvalue weighted by Gasteiger charge is -2.30. The summed E-state index contributed by atoms with van der Waals surface area (Å²) in [6, 6.07) is 8.16. The summed E-state index contributed by atoms with van der Waals surface area (Å²) < 4.78 is 29.6. The second kappa shape index (κ2) is 12.7. The molecule has 0 aromatic heterocycles. The zero-order valence-corrected chi connectivity index (χ0v) is 20.2. The van der Waals surface area contributed by atoms with E-state index in [1.807, 2.05) is 25.1 Å². The van der Waals surface area contributed by atoms with Crippen molar-refractivity contribution in [3.63, 3.8) is 0 Å². The van der Waals surface area contributed by atoms with Crippen molar-refractivity contribution in [3.05, 3.63) is 35.9 Å². The van der Waals surface area contributed by atoms with E-state index in [1.54, 1.807) is 12.1 Å². The van der Waals surface area contributed by atoms with Crippen molar-refractivity contribution in [1.29, 1.82) is 0 Å². The molecule has 1 aliphatic rings. The van der Waals surface area contributed by atoms with Crippen LogP contribution >= 0.6 is 7.60 Å². The van der Waals surface area contributed by atoms with Gasteiger partial charge in [0, 0.05) is 13.7 Å². The van der Waals surface area contributed by atoms with Gasteiger partial charge >= 0.3 is 19.7 Å². The smallest absolute Gasteiger partial charge is 0.408 e. The van der Waals surface area contributed by atoms with Crippen molar-refractivity contribution in [2.75, 3.05) is 13.7 Å². The number of nitrogens with zero attached hydrogens (tertiary/aromatic N) is 1. The number of unbranched alkanes of at least 4 members (excludes halogenated alkanes) is 1. The fourth-order valence-corrected chi connectivity index (χ4v) is 5.42. The SMILES string of the molecule is CCCC[C@@H](NC(=O)OCc1ccccc1)P(=O)(OC)OC(C)C(=O)N1CCC[C@H]1C(=O)O. The highest BCUT2D eigenvalue weighted by atomic mass is 31.2. The quantitative estimate of drug-likeness (QED) is 0.429. The van der Waals surface area contributed by atoms with E-state index in [9.17, 15) is 24.1 Å². The van der Waals surface area contributed by atoms with Crippen molar-refractivity contribution < 1.29 is 37.8 Å². The second-order valence-corrected chi connectivity index (χ2v) is 10.1. The summed E-state index contributed by atoms with van der Waals surface area (Å²) in [6.45, 7) is 3.65. The molecule has 0 bridgehead atoms. The normalized spacial score (nSPS) is 19.4. The molecule has 1 aliphatic heterocycles. The van der Waals surface area contributed by atoms with Crippen LogP contribution < -0.4 is 5.32 Å². The number of carboxylic acid groups (broad SMARTS) is 1. The van der Waals surface area contributed by atoms with Gasteiger partial charge in [-0.05, 0) is 31.7 Å².